The fraction of sp³-hybridized carbons (Fsp3) is 0.900. The number of nitrogens with zero attached hydrogens (tertiary/aromatic N) is 1. The third-order valence-corrected chi connectivity index (χ3v) is 2.04. The minimum Gasteiger partial charge on any atom is -0.469 e. The highest BCUT2D eigenvalue weighted by atomic mass is 16.5. The van der Waals surface area contributed by atoms with Gasteiger partial charge in [-0.25, -0.2) is 0 Å². The average Bonchev–Trinajstić information content (AvgIpc) is 2.18. The van der Waals surface area contributed by atoms with Crippen molar-refractivity contribution in [2.45, 2.75) is 26.2 Å². The zero-order valence-electron chi connectivity index (χ0n) is 9.16. The lowest BCUT2D eigenvalue weighted by Gasteiger charge is -2.19. The highest BCUT2D eigenvalue weighted by molar-refractivity contribution is 5.69. The zero-order chi connectivity index (χ0) is 10.8. The van der Waals surface area contributed by atoms with Crippen LogP contribution in [0.1, 0.15) is 26.2 Å². The molecule has 0 unspecified atom stereocenters. The summed E-state index contributed by atoms with van der Waals surface area (Å²) in [7, 11) is 1.40. The van der Waals surface area contributed by atoms with Crippen LogP contribution in [-0.2, 0) is 9.53 Å². The van der Waals surface area contributed by atoms with Gasteiger partial charge in [0.05, 0.1) is 13.7 Å². The average molecular weight is 203 g/mol. The minimum absolute atomic E-state index is 0.162. The number of carbonyl (C=O) groups excluding carboxylic acids is 1. The van der Waals surface area contributed by atoms with Crippen LogP contribution < -0.4 is 0 Å². The number of carbonyl (C=O) groups is 1. The first kappa shape index (κ1) is 13.4. The Balaban J connectivity index is 3.54. The molecule has 0 radical (unpaired) electrons. The molecule has 0 heterocycles. The van der Waals surface area contributed by atoms with Gasteiger partial charge in [-0.3, -0.25) is 4.79 Å². The molecule has 0 fully saturated rings. The van der Waals surface area contributed by atoms with Crippen molar-refractivity contribution < 1.29 is 14.6 Å². The maximum Gasteiger partial charge on any atom is 0.305 e. The van der Waals surface area contributed by atoms with E-state index in [1.807, 2.05) is 0 Å². The summed E-state index contributed by atoms with van der Waals surface area (Å²) in [4.78, 5) is 13.0. The molecule has 0 aliphatic rings. The Bertz CT molecular complexity index is 144. The van der Waals surface area contributed by atoms with E-state index in [0.717, 1.165) is 25.9 Å². The smallest absolute Gasteiger partial charge is 0.305 e. The summed E-state index contributed by atoms with van der Waals surface area (Å²) in [6.07, 6.45) is 2.33. The van der Waals surface area contributed by atoms with E-state index in [-0.39, 0.29) is 12.6 Å². The second-order valence-electron chi connectivity index (χ2n) is 3.24. The van der Waals surface area contributed by atoms with Crippen LogP contribution in [0.2, 0.25) is 0 Å². The fourth-order valence-corrected chi connectivity index (χ4v) is 1.34. The predicted octanol–water partition coefficient (Wildman–Crippen LogP) is 0.644. The molecular formula is C10H21NO3. The first-order chi connectivity index (χ1) is 6.74. The molecule has 0 aromatic carbocycles. The molecule has 0 aliphatic heterocycles. The van der Waals surface area contributed by atoms with Crippen LogP contribution in [0.25, 0.3) is 0 Å². The van der Waals surface area contributed by atoms with Crippen LogP contribution in [-0.4, -0.2) is 49.3 Å². The lowest BCUT2D eigenvalue weighted by Crippen LogP contribution is -2.29. The zero-order valence-corrected chi connectivity index (χ0v) is 9.16. The minimum atomic E-state index is -0.162. The number of methoxy groups -OCH3 is 1. The van der Waals surface area contributed by atoms with Gasteiger partial charge >= 0.3 is 5.97 Å². The number of ether oxygens (including phenoxy) is 1. The monoisotopic (exact) mass is 203 g/mol. The van der Waals surface area contributed by atoms with E-state index in [4.69, 9.17) is 5.11 Å². The summed E-state index contributed by atoms with van der Waals surface area (Å²) < 4.78 is 4.55. The van der Waals surface area contributed by atoms with E-state index in [0.29, 0.717) is 13.0 Å². The van der Waals surface area contributed by atoms with Crippen LogP contribution in [0.15, 0.2) is 0 Å². The maximum atomic E-state index is 10.8. The van der Waals surface area contributed by atoms with Gasteiger partial charge in [-0.05, 0) is 25.9 Å². The Labute approximate surface area is 85.9 Å². The van der Waals surface area contributed by atoms with Crippen molar-refractivity contribution in [1.29, 1.82) is 0 Å². The van der Waals surface area contributed by atoms with Crippen LogP contribution in [0.5, 0.6) is 0 Å². The highest BCUT2D eigenvalue weighted by Gasteiger charge is 2.05. The van der Waals surface area contributed by atoms with E-state index in [9.17, 15) is 4.79 Å². The number of rotatable bonds is 8. The van der Waals surface area contributed by atoms with Crippen LogP contribution in [0.4, 0.5) is 0 Å². The maximum absolute atomic E-state index is 10.8. The lowest BCUT2D eigenvalue weighted by atomic mass is 10.3. The van der Waals surface area contributed by atoms with Gasteiger partial charge in [0.25, 0.3) is 0 Å². The normalized spacial score (nSPS) is 10.6. The van der Waals surface area contributed by atoms with E-state index in [1.54, 1.807) is 0 Å². The molecule has 84 valence electrons. The molecule has 0 saturated carbocycles. The quantitative estimate of drug-likeness (QED) is 0.588. The van der Waals surface area contributed by atoms with Gasteiger partial charge in [0, 0.05) is 13.0 Å². The molecule has 4 heteroatoms. The third-order valence-electron chi connectivity index (χ3n) is 2.04. The van der Waals surface area contributed by atoms with Crippen molar-refractivity contribution in [3.63, 3.8) is 0 Å². The van der Waals surface area contributed by atoms with Gasteiger partial charge in [0.15, 0.2) is 0 Å². The predicted molar refractivity (Wildman–Crippen MR) is 55.1 cm³/mol. The molecule has 0 amide bonds. The molecule has 0 aromatic heterocycles. The van der Waals surface area contributed by atoms with Crippen molar-refractivity contribution in [2.24, 2.45) is 0 Å². The summed E-state index contributed by atoms with van der Waals surface area (Å²) in [5.41, 5.74) is 0. The van der Waals surface area contributed by atoms with E-state index in [2.05, 4.69) is 16.6 Å². The molecular weight excluding hydrogens is 182 g/mol. The fourth-order valence-electron chi connectivity index (χ4n) is 1.34. The Morgan fingerprint density at radius 3 is 2.57 bits per heavy atom. The summed E-state index contributed by atoms with van der Waals surface area (Å²) in [6, 6.07) is 0. The summed E-state index contributed by atoms with van der Waals surface area (Å²) in [6.45, 7) is 4.79. The lowest BCUT2D eigenvalue weighted by molar-refractivity contribution is -0.140. The SMILES string of the molecule is CCCN(CCO)CCCC(=O)OC. The standard InChI is InChI=1S/C10H21NO3/c1-3-6-11(8-9-12)7-4-5-10(13)14-2/h12H,3-9H2,1-2H3. The first-order valence-corrected chi connectivity index (χ1v) is 5.14. The van der Waals surface area contributed by atoms with Crippen LogP contribution in [0, 0.1) is 0 Å². The van der Waals surface area contributed by atoms with Gasteiger partial charge in [-0.2, -0.15) is 0 Å². The van der Waals surface area contributed by atoms with Gasteiger partial charge in [0.2, 0.25) is 0 Å². The van der Waals surface area contributed by atoms with Crippen molar-refractivity contribution in [1.82, 2.24) is 4.90 Å². The Morgan fingerprint density at radius 2 is 2.07 bits per heavy atom. The topological polar surface area (TPSA) is 49.8 Å². The number of hydrogen-bond acceptors (Lipinski definition) is 4. The number of esters is 1. The van der Waals surface area contributed by atoms with Crippen LogP contribution >= 0.6 is 0 Å². The van der Waals surface area contributed by atoms with Crippen molar-refractivity contribution in [3.05, 3.63) is 0 Å². The Hall–Kier alpha value is -0.610. The molecule has 4 nitrogen and oxygen atoms in total. The molecule has 14 heavy (non-hydrogen) atoms. The molecule has 0 aliphatic carbocycles. The summed E-state index contributed by atoms with van der Waals surface area (Å²) in [5, 5.41) is 8.78. The van der Waals surface area contributed by atoms with Gasteiger partial charge in [0.1, 0.15) is 0 Å². The third kappa shape index (κ3) is 6.86. The molecule has 0 rings (SSSR count). The Morgan fingerprint density at radius 1 is 1.36 bits per heavy atom. The number of aliphatic hydroxyl groups excluding tert-OH is 1. The summed E-state index contributed by atoms with van der Waals surface area (Å²) >= 11 is 0. The second-order valence-corrected chi connectivity index (χ2v) is 3.24. The van der Waals surface area contributed by atoms with Crippen molar-refractivity contribution >= 4 is 5.97 Å². The first-order valence-electron chi connectivity index (χ1n) is 5.14. The summed E-state index contributed by atoms with van der Waals surface area (Å²) in [5.74, 6) is -0.162. The molecule has 0 aromatic rings. The van der Waals surface area contributed by atoms with E-state index < -0.39 is 0 Å². The highest BCUT2D eigenvalue weighted by Crippen LogP contribution is 1.97. The van der Waals surface area contributed by atoms with Crippen molar-refractivity contribution in [3.8, 4) is 0 Å². The van der Waals surface area contributed by atoms with E-state index >= 15 is 0 Å². The second kappa shape index (κ2) is 8.97. The number of aliphatic hydroxyl groups is 1. The number of hydrogen-bond donors (Lipinski definition) is 1. The van der Waals surface area contributed by atoms with Crippen molar-refractivity contribution in [2.75, 3.05) is 33.4 Å². The molecule has 0 spiro atoms. The van der Waals surface area contributed by atoms with Gasteiger partial charge in [-0.15, -0.1) is 0 Å². The Kier molecular flexibility index (Phi) is 8.57. The molecule has 0 atom stereocenters. The van der Waals surface area contributed by atoms with Gasteiger partial charge < -0.3 is 14.7 Å². The van der Waals surface area contributed by atoms with Gasteiger partial charge in [-0.1, -0.05) is 6.92 Å². The molecule has 1 N–H and O–H groups in total. The largest absolute Gasteiger partial charge is 0.469 e. The molecule has 0 saturated heterocycles. The van der Waals surface area contributed by atoms with E-state index in [1.165, 1.54) is 7.11 Å². The van der Waals surface area contributed by atoms with Crippen LogP contribution in [0.3, 0.4) is 0 Å². The molecule has 0 bridgehead atoms.